The molecule has 8 heteroatoms. The van der Waals surface area contributed by atoms with Crippen molar-refractivity contribution < 1.29 is 4.79 Å². The van der Waals surface area contributed by atoms with Gasteiger partial charge in [-0.2, -0.15) is 5.10 Å². The summed E-state index contributed by atoms with van der Waals surface area (Å²) >= 11 is 0. The Kier molecular flexibility index (Phi) is 4.65. The van der Waals surface area contributed by atoms with E-state index in [2.05, 4.69) is 49.7 Å². The van der Waals surface area contributed by atoms with Crippen molar-refractivity contribution >= 4 is 28.4 Å². The molecule has 3 aromatic heterocycles. The van der Waals surface area contributed by atoms with E-state index in [1.54, 1.807) is 25.5 Å². The van der Waals surface area contributed by atoms with Crippen LogP contribution in [0.1, 0.15) is 31.4 Å². The first kappa shape index (κ1) is 17.9. The van der Waals surface area contributed by atoms with Crippen molar-refractivity contribution in [3.8, 4) is 11.8 Å². The first-order chi connectivity index (χ1) is 13.6. The van der Waals surface area contributed by atoms with Crippen molar-refractivity contribution in [1.82, 2.24) is 25.0 Å². The molecular weight excluding hydrogens is 354 g/mol. The predicted molar refractivity (Wildman–Crippen MR) is 107 cm³/mol. The molecule has 1 amide bonds. The summed E-state index contributed by atoms with van der Waals surface area (Å²) in [5.41, 5.74) is 2.14. The van der Waals surface area contributed by atoms with Gasteiger partial charge in [0.1, 0.15) is 5.52 Å². The summed E-state index contributed by atoms with van der Waals surface area (Å²) in [6, 6.07) is 1.80. The van der Waals surface area contributed by atoms with Gasteiger partial charge in [-0.05, 0) is 25.3 Å². The maximum atomic E-state index is 12.2. The molecule has 3 aromatic rings. The number of nitrogens with zero attached hydrogens (tertiary/aromatic N) is 5. The molecule has 2 N–H and O–H groups in total. The van der Waals surface area contributed by atoms with Crippen molar-refractivity contribution in [2.45, 2.75) is 26.8 Å². The van der Waals surface area contributed by atoms with Crippen molar-refractivity contribution in [3.63, 3.8) is 0 Å². The second-order valence-corrected chi connectivity index (χ2v) is 6.91. The Bertz CT molecular complexity index is 1110. The second kappa shape index (κ2) is 7.27. The molecule has 0 unspecified atom stereocenters. The van der Waals surface area contributed by atoms with E-state index in [1.807, 2.05) is 17.8 Å². The number of hydrogen-bond donors (Lipinski definition) is 2. The van der Waals surface area contributed by atoms with Crippen molar-refractivity contribution in [1.29, 1.82) is 0 Å². The highest BCUT2D eigenvalue weighted by Gasteiger charge is 2.39. The van der Waals surface area contributed by atoms with Crippen LogP contribution in [-0.4, -0.2) is 37.9 Å². The Morgan fingerprint density at radius 2 is 2.14 bits per heavy atom. The van der Waals surface area contributed by atoms with Gasteiger partial charge in [0.15, 0.2) is 11.6 Å². The van der Waals surface area contributed by atoms with Crippen molar-refractivity contribution in [2.75, 3.05) is 17.7 Å². The topological polar surface area (TPSA) is 97.6 Å². The molecule has 0 saturated heterocycles. The molecule has 8 nitrogen and oxygen atoms in total. The van der Waals surface area contributed by atoms with Crippen molar-refractivity contribution in [2.24, 2.45) is 11.8 Å². The number of carbonyl (C=O) groups is 1. The maximum absolute atomic E-state index is 12.2. The third-order valence-electron chi connectivity index (χ3n) is 4.86. The Hall–Kier alpha value is -3.47. The number of fused-ring (bicyclic) bond motifs is 1. The number of aromatic nitrogens is 5. The van der Waals surface area contributed by atoms with E-state index in [0.29, 0.717) is 28.6 Å². The fraction of sp³-hybridized carbons (Fsp3) is 0.350. The predicted octanol–water partition coefficient (Wildman–Crippen LogP) is 2.28. The molecule has 0 aromatic carbocycles. The lowest BCUT2D eigenvalue weighted by molar-refractivity contribution is -0.117. The smallest absolute Gasteiger partial charge is 0.228 e. The van der Waals surface area contributed by atoms with Gasteiger partial charge >= 0.3 is 0 Å². The number of carbonyl (C=O) groups excluding carboxylic acids is 1. The van der Waals surface area contributed by atoms with Crippen LogP contribution in [0.25, 0.3) is 10.9 Å². The van der Waals surface area contributed by atoms with Gasteiger partial charge < -0.3 is 10.6 Å². The Balaban J connectivity index is 1.70. The average molecular weight is 375 g/mol. The Morgan fingerprint density at radius 3 is 2.82 bits per heavy atom. The van der Waals surface area contributed by atoms with Crippen LogP contribution in [0.3, 0.4) is 0 Å². The standard InChI is InChI=1S/C20H21N7O/c1-4-27-11-13(9-23-27)5-6-14-10-22-19(21-3)18-16(14)8-17(25-26-18)24-20(28)15-7-12(15)2/h8-12,15H,4,7H2,1-3H3,(H,21,22)(H,24,25,28)/t12-,15+/m1/s1. The highest BCUT2D eigenvalue weighted by molar-refractivity contribution is 5.97. The van der Waals surface area contributed by atoms with E-state index in [0.717, 1.165) is 23.9 Å². The Labute approximate surface area is 162 Å². The molecule has 0 bridgehead atoms. The minimum absolute atomic E-state index is 0.0105. The van der Waals surface area contributed by atoms with Crippen molar-refractivity contribution in [3.05, 3.63) is 35.8 Å². The number of anilines is 2. The lowest BCUT2D eigenvalue weighted by atomic mass is 10.1. The molecule has 28 heavy (non-hydrogen) atoms. The number of hydrogen-bond acceptors (Lipinski definition) is 6. The summed E-state index contributed by atoms with van der Waals surface area (Å²) in [6.07, 6.45) is 6.24. The van der Waals surface area contributed by atoms with E-state index >= 15 is 0 Å². The number of nitrogens with one attached hydrogen (secondary N) is 2. The SMILES string of the molecule is CCn1cc(C#Cc2cnc(NC)c3nnc(NC(=O)[C@H]4C[C@H]4C)cc23)cn1. The number of aryl methyl sites for hydroxylation is 1. The summed E-state index contributed by atoms with van der Waals surface area (Å²) < 4.78 is 1.82. The van der Waals surface area contributed by atoms with Gasteiger partial charge in [-0.15, -0.1) is 10.2 Å². The number of amides is 1. The second-order valence-electron chi connectivity index (χ2n) is 6.91. The molecule has 142 valence electrons. The van der Waals surface area contributed by atoms with Gasteiger partial charge in [0, 0.05) is 37.3 Å². The molecule has 4 rings (SSSR count). The van der Waals surface area contributed by atoms with Crippen LogP contribution in [0.5, 0.6) is 0 Å². The molecule has 0 radical (unpaired) electrons. The van der Waals surface area contributed by atoms with Gasteiger partial charge in [-0.3, -0.25) is 9.48 Å². The molecule has 1 saturated carbocycles. The molecule has 0 spiro atoms. The summed E-state index contributed by atoms with van der Waals surface area (Å²) in [4.78, 5) is 16.6. The zero-order chi connectivity index (χ0) is 19.7. The van der Waals surface area contributed by atoms with Crippen LogP contribution in [-0.2, 0) is 11.3 Å². The molecule has 1 fully saturated rings. The summed E-state index contributed by atoms with van der Waals surface area (Å²) in [7, 11) is 1.78. The zero-order valence-corrected chi connectivity index (χ0v) is 16.0. The largest absolute Gasteiger partial charge is 0.371 e. The van der Waals surface area contributed by atoms with Crippen LogP contribution in [0.2, 0.25) is 0 Å². The third-order valence-corrected chi connectivity index (χ3v) is 4.86. The highest BCUT2D eigenvalue weighted by Crippen LogP contribution is 2.38. The van der Waals surface area contributed by atoms with Gasteiger partial charge in [0.05, 0.1) is 17.3 Å². The highest BCUT2D eigenvalue weighted by atomic mass is 16.2. The summed E-state index contributed by atoms with van der Waals surface area (Å²) in [6.45, 7) is 4.88. The lowest BCUT2D eigenvalue weighted by Crippen LogP contribution is -2.16. The molecule has 2 atom stereocenters. The quantitative estimate of drug-likeness (QED) is 0.679. The van der Waals surface area contributed by atoms with Gasteiger partial charge in [-0.25, -0.2) is 4.98 Å². The zero-order valence-electron chi connectivity index (χ0n) is 16.0. The molecule has 0 aliphatic heterocycles. The monoisotopic (exact) mass is 375 g/mol. The van der Waals surface area contributed by atoms with E-state index in [4.69, 9.17) is 0 Å². The molecule has 3 heterocycles. The fourth-order valence-electron chi connectivity index (χ4n) is 3.02. The average Bonchev–Trinajstić information content (AvgIpc) is 3.26. The van der Waals surface area contributed by atoms with Crippen LogP contribution >= 0.6 is 0 Å². The number of rotatable bonds is 4. The van der Waals surface area contributed by atoms with Crippen LogP contribution < -0.4 is 10.6 Å². The Morgan fingerprint density at radius 1 is 1.32 bits per heavy atom. The van der Waals surface area contributed by atoms with E-state index in [-0.39, 0.29) is 11.8 Å². The molecular formula is C20H21N7O. The van der Waals surface area contributed by atoms with Crippen LogP contribution in [0.15, 0.2) is 24.7 Å². The maximum Gasteiger partial charge on any atom is 0.228 e. The fourth-order valence-corrected chi connectivity index (χ4v) is 3.02. The third kappa shape index (κ3) is 3.51. The summed E-state index contributed by atoms with van der Waals surface area (Å²) in [5, 5.41) is 19.3. The van der Waals surface area contributed by atoms with E-state index in [9.17, 15) is 4.79 Å². The van der Waals surface area contributed by atoms with E-state index < -0.39 is 0 Å². The van der Waals surface area contributed by atoms with E-state index in [1.165, 1.54) is 0 Å². The lowest BCUT2D eigenvalue weighted by Gasteiger charge is -2.08. The minimum Gasteiger partial charge on any atom is -0.371 e. The number of pyridine rings is 1. The molecule has 1 aliphatic carbocycles. The van der Waals surface area contributed by atoms with Crippen LogP contribution in [0.4, 0.5) is 11.6 Å². The van der Waals surface area contributed by atoms with Gasteiger partial charge in [0.25, 0.3) is 0 Å². The normalized spacial score (nSPS) is 17.7. The first-order valence-corrected chi connectivity index (χ1v) is 9.28. The molecule has 1 aliphatic rings. The summed E-state index contributed by atoms with van der Waals surface area (Å²) in [5.74, 6) is 7.77. The minimum atomic E-state index is -0.0105. The first-order valence-electron chi connectivity index (χ1n) is 9.28. The van der Waals surface area contributed by atoms with Crippen LogP contribution in [0, 0.1) is 23.7 Å². The van der Waals surface area contributed by atoms with Gasteiger partial charge in [0.2, 0.25) is 5.91 Å². The van der Waals surface area contributed by atoms with Gasteiger partial charge in [-0.1, -0.05) is 18.8 Å².